The highest BCUT2D eigenvalue weighted by atomic mass is 35.5. The van der Waals surface area contributed by atoms with Crippen LogP contribution in [0.15, 0.2) is 42.5 Å². The zero-order valence-corrected chi connectivity index (χ0v) is 15.1. The number of halogens is 1. The van der Waals surface area contributed by atoms with Crippen LogP contribution < -0.4 is 15.4 Å². The van der Waals surface area contributed by atoms with Crippen molar-refractivity contribution in [1.82, 2.24) is 4.90 Å². The van der Waals surface area contributed by atoms with Crippen molar-refractivity contribution < 1.29 is 14.3 Å². The smallest absolute Gasteiger partial charge is 0.323 e. The number of hydrogen-bond acceptors (Lipinski definition) is 3. The molecule has 2 N–H and O–H groups in total. The van der Waals surface area contributed by atoms with Crippen LogP contribution in [0.2, 0.25) is 5.02 Å². The molecule has 2 rings (SSSR count). The first-order chi connectivity index (χ1) is 11.9. The number of benzene rings is 2. The van der Waals surface area contributed by atoms with Gasteiger partial charge in [-0.25, -0.2) is 4.79 Å². The number of likely N-dealkylation sites (N-methyl/N-ethyl adjacent to an activating group) is 1. The van der Waals surface area contributed by atoms with Gasteiger partial charge in [0.2, 0.25) is 5.91 Å². The number of carbonyl (C=O) groups is 2. The molecule has 25 heavy (non-hydrogen) atoms. The van der Waals surface area contributed by atoms with Crippen molar-refractivity contribution in [2.45, 2.75) is 6.42 Å². The van der Waals surface area contributed by atoms with Crippen molar-refractivity contribution in [2.24, 2.45) is 0 Å². The van der Waals surface area contributed by atoms with Gasteiger partial charge in [-0.05, 0) is 35.9 Å². The molecule has 7 heteroatoms. The highest BCUT2D eigenvalue weighted by Gasteiger charge is 2.09. The lowest BCUT2D eigenvalue weighted by molar-refractivity contribution is -0.127. The molecule has 132 valence electrons. The van der Waals surface area contributed by atoms with Crippen LogP contribution in [0.25, 0.3) is 0 Å². The van der Waals surface area contributed by atoms with Gasteiger partial charge in [0, 0.05) is 24.8 Å². The van der Waals surface area contributed by atoms with Gasteiger partial charge < -0.3 is 20.3 Å². The summed E-state index contributed by atoms with van der Waals surface area (Å²) in [7, 11) is 4.94. The van der Waals surface area contributed by atoms with Crippen molar-refractivity contribution in [3.63, 3.8) is 0 Å². The number of methoxy groups -OCH3 is 1. The van der Waals surface area contributed by atoms with Crippen LogP contribution in [-0.4, -0.2) is 38.0 Å². The van der Waals surface area contributed by atoms with E-state index in [1.165, 1.54) is 12.0 Å². The van der Waals surface area contributed by atoms with Gasteiger partial charge in [0.1, 0.15) is 5.75 Å². The maximum Gasteiger partial charge on any atom is 0.323 e. The Morgan fingerprint density at radius 3 is 2.36 bits per heavy atom. The minimum atomic E-state index is -0.419. The number of anilines is 2. The SMILES string of the molecule is COc1ccc(Cl)cc1NC(=O)Nc1ccc(CC(=O)N(C)C)cc1. The van der Waals surface area contributed by atoms with Crippen LogP contribution in [0, 0.1) is 0 Å². The molecule has 0 saturated carbocycles. The first kappa shape index (κ1) is 18.6. The van der Waals surface area contributed by atoms with Crippen molar-refractivity contribution in [3.8, 4) is 5.75 Å². The summed E-state index contributed by atoms with van der Waals surface area (Å²) in [5.41, 5.74) is 1.96. The molecule has 2 aromatic carbocycles. The predicted octanol–water partition coefficient (Wildman–Crippen LogP) is 3.62. The maximum atomic E-state index is 12.1. The Bertz CT molecular complexity index is 761. The molecule has 3 amide bonds. The molecule has 0 heterocycles. The van der Waals surface area contributed by atoms with Crippen LogP contribution in [0.3, 0.4) is 0 Å². The van der Waals surface area contributed by atoms with E-state index < -0.39 is 6.03 Å². The fourth-order valence-electron chi connectivity index (χ4n) is 2.10. The van der Waals surface area contributed by atoms with Crippen LogP contribution in [0.1, 0.15) is 5.56 Å². The molecule has 0 aliphatic rings. The summed E-state index contributed by atoms with van der Waals surface area (Å²) < 4.78 is 5.19. The topological polar surface area (TPSA) is 70.7 Å². The highest BCUT2D eigenvalue weighted by molar-refractivity contribution is 6.31. The second-order valence-electron chi connectivity index (χ2n) is 5.59. The number of rotatable bonds is 5. The average Bonchev–Trinajstić information content (AvgIpc) is 2.56. The quantitative estimate of drug-likeness (QED) is 0.854. The van der Waals surface area contributed by atoms with E-state index >= 15 is 0 Å². The van der Waals surface area contributed by atoms with Crippen molar-refractivity contribution in [1.29, 1.82) is 0 Å². The van der Waals surface area contributed by atoms with Crippen LogP contribution in [0.4, 0.5) is 16.2 Å². The van der Waals surface area contributed by atoms with Crippen LogP contribution in [0.5, 0.6) is 5.75 Å². The first-order valence-electron chi connectivity index (χ1n) is 7.59. The molecule has 0 radical (unpaired) electrons. The van der Waals surface area contributed by atoms with Crippen LogP contribution >= 0.6 is 11.6 Å². The second-order valence-corrected chi connectivity index (χ2v) is 6.02. The number of hydrogen-bond donors (Lipinski definition) is 2. The normalized spacial score (nSPS) is 10.1. The van der Waals surface area contributed by atoms with E-state index in [2.05, 4.69) is 10.6 Å². The molecule has 0 spiro atoms. The van der Waals surface area contributed by atoms with E-state index in [0.29, 0.717) is 28.6 Å². The van der Waals surface area contributed by atoms with E-state index in [0.717, 1.165) is 5.56 Å². The maximum absolute atomic E-state index is 12.1. The fraction of sp³-hybridized carbons (Fsp3) is 0.222. The van der Waals surface area contributed by atoms with Crippen molar-refractivity contribution in [2.75, 3.05) is 31.8 Å². The number of urea groups is 1. The lowest BCUT2D eigenvalue weighted by Gasteiger charge is -2.12. The predicted molar refractivity (Wildman–Crippen MR) is 99.5 cm³/mol. The van der Waals surface area contributed by atoms with E-state index in [4.69, 9.17) is 16.3 Å². The van der Waals surface area contributed by atoms with Gasteiger partial charge in [-0.3, -0.25) is 4.79 Å². The third-order valence-electron chi connectivity index (χ3n) is 3.48. The number of carbonyl (C=O) groups excluding carboxylic acids is 2. The summed E-state index contributed by atoms with van der Waals surface area (Å²) in [5, 5.41) is 5.90. The Kier molecular flexibility index (Phi) is 6.25. The molecular formula is C18H20ClN3O3. The van der Waals surface area contributed by atoms with E-state index in [1.54, 1.807) is 56.6 Å². The minimum Gasteiger partial charge on any atom is -0.495 e. The summed E-state index contributed by atoms with van der Waals surface area (Å²) >= 11 is 5.94. The van der Waals surface area contributed by atoms with Crippen LogP contribution in [-0.2, 0) is 11.2 Å². The Morgan fingerprint density at radius 2 is 1.76 bits per heavy atom. The molecule has 0 bridgehead atoms. The summed E-state index contributed by atoms with van der Waals surface area (Å²) in [6.45, 7) is 0. The third-order valence-corrected chi connectivity index (χ3v) is 3.71. The molecule has 2 aromatic rings. The van der Waals surface area contributed by atoms with Gasteiger partial charge in [-0.2, -0.15) is 0 Å². The molecule has 0 unspecified atom stereocenters. The second kappa shape index (κ2) is 8.39. The fourth-order valence-corrected chi connectivity index (χ4v) is 2.27. The summed E-state index contributed by atoms with van der Waals surface area (Å²) in [6, 6.07) is 11.6. The first-order valence-corrected chi connectivity index (χ1v) is 7.97. The summed E-state index contributed by atoms with van der Waals surface area (Å²) in [4.78, 5) is 25.4. The number of nitrogens with one attached hydrogen (secondary N) is 2. The number of ether oxygens (including phenoxy) is 1. The number of nitrogens with zero attached hydrogens (tertiary/aromatic N) is 1. The molecular weight excluding hydrogens is 342 g/mol. The zero-order chi connectivity index (χ0) is 18.4. The van der Waals surface area contributed by atoms with E-state index in [1.807, 2.05) is 0 Å². The molecule has 0 aromatic heterocycles. The average molecular weight is 362 g/mol. The molecule has 0 aliphatic heterocycles. The van der Waals surface area contributed by atoms with Crippen molar-refractivity contribution in [3.05, 3.63) is 53.1 Å². The largest absolute Gasteiger partial charge is 0.495 e. The molecule has 0 aliphatic carbocycles. The molecule has 0 saturated heterocycles. The third kappa shape index (κ3) is 5.39. The van der Waals surface area contributed by atoms with Gasteiger partial charge in [0.15, 0.2) is 0 Å². The van der Waals surface area contributed by atoms with Gasteiger partial charge in [0.05, 0.1) is 19.2 Å². The number of amides is 3. The highest BCUT2D eigenvalue weighted by Crippen LogP contribution is 2.27. The molecule has 0 fully saturated rings. The Labute approximate surface area is 151 Å². The Balaban J connectivity index is 1.99. The Morgan fingerprint density at radius 1 is 1.08 bits per heavy atom. The molecule has 0 atom stereocenters. The van der Waals surface area contributed by atoms with Gasteiger partial charge in [-0.1, -0.05) is 23.7 Å². The standard InChI is InChI=1S/C18H20ClN3O3/c1-22(2)17(23)10-12-4-7-14(8-5-12)20-18(24)21-15-11-13(19)6-9-16(15)25-3/h4-9,11H,10H2,1-3H3,(H2,20,21,24). The lowest BCUT2D eigenvalue weighted by atomic mass is 10.1. The van der Waals surface area contributed by atoms with E-state index in [-0.39, 0.29) is 5.91 Å². The lowest BCUT2D eigenvalue weighted by Crippen LogP contribution is -2.23. The Hall–Kier alpha value is -2.73. The molecule has 6 nitrogen and oxygen atoms in total. The monoisotopic (exact) mass is 361 g/mol. The minimum absolute atomic E-state index is 0.0199. The van der Waals surface area contributed by atoms with Gasteiger partial charge in [-0.15, -0.1) is 0 Å². The van der Waals surface area contributed by atoms with E-state index in [9.17, 15) is 9.59 Å². The summed E-state index contributed by atoms with van der Waals surface area (Å²) in [6.07, 6.45) is 0.319. The van der Waals surface area contributed by atoms with Gasteiger partial charge in [0.25, 0.3) is 0 Å². The van der Waals surface area contributed by atoms with Crippen molar-refractivity contribution >= 4 is 34.9 Å². The zero-order valence-electron chi connectivity index (χ0n) is 14.3. The van der Waals surface area contributed by atoms with Gasteiger partial charge >= 0.3 is 6.03 Å². The summed E-state index contributed by atoms with van der Waals surface area (Å²) in [5.74, 6) is 0.531.